The van der Waals surface area contributed by atoms with Crippen molar-refractivity contribution in [2.75, 3.05) is 11.4 Å². The largest absolute Gasteiger partial charge is 0.387 e. The standard InChI is InChI=1S/C16H26N2O/c1-3-7-13-8-5-6-11-18(13)14-9-10-15(17-12-14)16(19)4-2/h9-10,12-13,16,19H,3-8,11H2,1-2H3/t13?,16-/m1/s1. The second-order valence-corrected chi connectivity index (χ2v) is 5.50. The number of hydrogen-bond donors (Lipinski definition) is 1. The Bertz CT molecular complexity index is 375. The molecule has 2 heterocycles. The van der Waals surface area contributed by atoms with Crippen molar-refractivity contribution in [3.8, 4) is 0 Å². The first kappa shape index (κ1) is 14.3. The van der Waals surface area contributed by atoms with E-state index in [4.69, 9.17) is 0 Å². The average molecular weight is 262 g/mol. The average Bonchev–Trinajstić information content (AvgIpc) is 2.47. The molecule has 0 radical (unpaired) electrons. The van der Waals surface area contributed by atoms with Gasteiger partial charge in [0.1, 0.15) is 0 Å². The number of rotatable bonds is 5. The predicted molar refractivity (Wildman–Crippen MR) is 79.4 cm³/mol. The molecule has 0 spiro atoms. The molecule has 0 aliphatic carbocycles. The van der Waals surface area contributed by atoms with Gasteiger partial charge in [-0.15, -0.1) is 0 Å². The number of hydrogen-bond acceptors (Lipinski definition) is 3. The van der Waals surface area contributed by atoms with Crippen LogP contribution < -0.4 is 4.90 Å². The monoisotopic (exact) mass is 262 g/mol. The van der Waals surface area contributed by atoms with Crippen LogP contribution in [0.4, 0.5) is 5.69 Å². The summed E-state index contributed by atoms with van der Waals surface area (Å²) >= 11 is 0. The van der Waals surface area contributed by atoms with E-state index in [2.05, 4.69) is 22.9 Å². The third-order valence-electron chi connectivity index (χ3n) is 4.08. The number of pyridine rings is 1. The molecular weight excluding hydrogens is 236 g/mol. The number of anilines is 1. The number of nitrogens with zero attached hydrogens (tertiary/aromatic N) is 2. The lowest BCUT2D eigenvalue weighted by atomic mass is 9.97. The normalized spacial score (nSPS) is 21.4. The summed E-state index contributed by atoms with van der Waals surface area (Å²) < 4.78 is 0. The van der Waals surface area contributed by atoms with E-state index in [0.717, 1.165) is 12.2 Å². The van der Waals surface area contributed by atoms with E-state index < -0.39 is 6.10 Å². The van der Waals surface area contributed by atoms with Crippen molar-refractivity contribution < 1.29 is 5.11 Å². The first-order valence-electron chi connectivity index (χ1n) is 7.67. The minimum Gasteiger partial charge on any atom is -0.387 e. The van der Waals surface area contributed by atoms with E-state index in [1.165, 1.54) is 37.8 Å². The van der Waals surface area contributed by atoms with Crippen molar-refractivity contribution in [1.82, 2.24) is 4.98 Å². The molecule has 0 saturated carbocycles. The summed E-state index contributed by atoms with van der Waals surface area (Å²) in [5.41, 5.74) is 2.00. The molecular formula is C16H26N2O. The van der Waals surface area contributed by atoms with Gasteiger partial charge in [-0.25, -0.2) is 0 Å². The van der Waals surface area contributed by atoms with E-state index in [-0.39, 0.29) is 0 Å². The molecule has 0 amide bonds. The molecule has 1 aliphatic heterocycles. The fraction of sp³-hybridized carbons (Fsp3) is 0.688. The SMILES string of the molecule is CCCC1CCCCN1c1ccc([C@H](O)CC)nc1. The maximum atomic E-state index is 9.79. The summed E-state index contributed by atoms with van der Waals surface area (Å²) in [6.07, 6.45) is 8.65. The van der Waals surface area contributed by atoms with Crippen LogP contribution in [0.25, 0.3) is 0 Å². The smallest absolute Gasteiger partial charge is 0.0957 e. The van der Waals surface area contributed by atoms with Crippen LogP contribution in [0.5, 0.6) is 0 Å². The third-order valence-corrected chi connectivity index (χ3v) is 4.08. The first-order valence-corrected chi connectivity index (χ1v) is 7.67. The Balaban J connectivity index is 2.11. The van der Waals surface area contributed by atoms with Gasteiger partial charge in [0.15, 0.2) is 0 Å². The lowest BCUT2D eigenvalue weighted by Crippen LogP contribution is -2.39. The van der Waals surface area contributed by atoms with Gasteiger partial charge in [-0.2, -0.15) is 0 Å². The highest BCUT2D eigenvalue weighted by Gasteiger charge is 2.22. The Hall–Kier alpha value is -1.09. The summed E-state index contributed by atoms with van der Waals surface area (Å²) in [5.74, 6) is 0. The van der Waals surface area contributed by atoms with Crippen LogP contribution in [-0.4, -0.2) is 22.7 Å². The summed E-state index contributed by atoms with van der Waals surface area (Å²) in [6, 6.07) is 4.76. The first-order chi connectivity index (χ1) is 9.26. The summed E-state index contributed by atoms with van der Waals surface area (Å²) in [5, 5.41) is 9.79. The highest BCUT2D eigenvalue weighted by molar-refractivity contribution is 5.46. The molecule has 0 aromatic carbocycles. The van der Waals surface area contributed by atoms with Gasteiger partial charge in [0.25, 0.3) is 0 Å². The number of aromatic nitrogens is 1. The van der Waals surface area contributed by atoms with Crippen LogP contribution in [0.3, 0.4) is 0 Å². The van der Waals surface area contributed by atoms with Crippen molar-refractivity contribution in [1.29, 1.82) is 0 Å². The molecule has 1 saturated heterocycles. The predicted octanol–water partition coefficient (Wildman–Crippen LogP) is 3.68. The summed E-state index contributed by atoms with van der Waals surface area (Å²) in [7, 11) is 0. The molecule has 3 heteroatoms. The van der Waals surface area contributed by atoms with E-state index in [1.54, 1.807) is 0 Å². The fourth-order valence-corrected chi connectivity index (χ4v) is 2.95. The zero-order valence-electron chi connectivity index (χ0n) is 12.2. The van der Waals surface area contributed by atoms with Gasteiger partial charge in [0.05, 0.1) is 23.7 Å². The van der Waals surface area contributed by atoms with E-state index >= 15 is 0 Å². The number of aliphatic hydroxyl groups is 1. The van der Waals surface area contributed by atoms with Crippen LogP contribution in [0, 0.1) is 0 Å². The Morgan fingerprint density at radius 2 is 2.21 bits per heavy atom. The van der Waals surface area contributed by atoms with Crippen molar-refractivity contribution in [2.45, 2.75) is 64.5 Å². The molecule has 1 aromatic heterocycles. The molecule has 2 atom stereocenters. The van der Waals surface area contributed by atoms with Crippen LogP contribution in [0.1, 0.15) is 64.2 Å². The van der Waals surface area contributed by atoms with Gasteiger partial charge in [-0.3, -0.25) is 4.98 Å². The lowest BCUT2D eigenvalue weighted by molar-refractivity contribution is 0.169. The van der Waals surface area contributed by atoms with Gasteiger partial charge in [0.2, 0.25) is 0 Å². The molecule has 3 nitrogen and oxygen atoms in total. The van der Waals surface area contributed by atoms with Gasteiger partial charge < -0.3 is 10.0 Å². The molecule has 2 rings (SSSR count). The number of aliphatic hydroxyl groups excluding tert-OH is 1. The van der Waals surface area contributed by atoms with Gasteiger partial charge in [0, 0.05) is 12.6 Å². The van der Waals surface area contributed by atoms with E-state index in [1.807, 2.05) is 19.2 Å². The quantitative estimate of drug-likeness (QED) is 0.879. The Labute approximate surface area is 116 Å². The minimum absolute atomic E-state index is 0.429. The number of piperidine rings is 1. The van der Waals surface area contributed by atoms with Crippen molar-refractivity contribution in [2.24, 2.45) is 0 Å². The van der Waals surface area contributed by atoms with Crippen LogP contribution in [0.2, 0.25) is 0 Å². The summed E-state index contributed by atoms with van der Waals surface area (Å²) in [6.45, 7) is 5.37. The zero-order valence-corrected chi connectivity index (χ0v) is 12.2. The fourth-order valence-electron chi connectivity index (χ4n) is 2.95. The molecule has 1 fully saturated rings. The molecule has 1 unspecified atom stereocenters. The molecule has 1 aromatic rings. The zero-order chi connectivity index (χ0) is 13.7. The molecule has 0 bridgehead atoms. The maximum absolute atomic E-state index is 9.79. The van der Waals surface area contributed by atoms with Crippen molar-refractivity contribution in [3.05, 3.63) is 24.0 Å². The van der Waals surface area contributed by atoms with Gasteiger partial charge >= 0.3 is 0 Å². The minimum atomic E-state index is -0.429. The second kappa shape index (κ2) is 6.90. The van der Waals surface area contributed by atoms with E-state index in [0.29, 0.717) is 12.5 Å². The van der Waals surface area contributed by atoms with E-state index in [9.17, 15) is 5.11 Å². The van der Waals surface area contributed by atoms with Crippen LogP contribution in [-0.2, 0) is 0 Å². The highest BCUT2D eigenvalue weighted by atomic mass is 16.3. The third kappa shape index (κ3) is 3.47. The van der Waals surface area contributed by atoms with Gasteiger partial charge in [-0.1, -0.05) is 20.3 Å². The molecule has 1 N–H and O–H groups in total. The molecule has 106 valence electrons. The van der Waals surface area contributed by atoms with Crippen LogP contribution >= 0.6 is 0 Å². The lowest BCUT2D eigenvalue weighted by Gasteiger charge is -2.37. The summed E-state index contributed by atoms with van der Waals surface area (Å²) in [4.78, 5) is 6.93. The Morgan fingerprint density at radius 3 is 2.84 bits per heavy atom. The molecule has 1 aliphatic rings. The highest BCUT2D eigenvalue weighted by Crippen LogP contribution is 2.27. The van der Waals surface area contributed by atoms with Crippen molar-refractivity contribution >= 4 is 5.69 Å². The Kier molecular flexibility index (Phi) is 5.20. The second-order valence-electron chi connectivity index (χ2n) is 5.50. The maximum Gasteiger partial charge on any atom is 0.0957 e. The van der Waals surface area contributed by atoms with Crippen LogP contribution in [0.15, 0.2) is 18.3 Å². The molecule has 19 heavy (non-hydrogen) atoms. The van der Waals surface area contributed by atoms with Crippen molar-refractivity contribution in [3.63, 3.8) is 0 Å². The van der Waals surface area contributed by atoms with Gasteiger partial charge in [-0.05, 0) is 44.2 Å². The Morgan fingerprint density at radius 1 is 1.37 bits per heavy atom. The topological polar surface area (TPSA) is 36.4 Å².